The molecule has 0 bridgehead atoms. The van der Waals surface area contributed by atoms with Gasteiger partial charge in [0.05, 0.1) is 7.11 Å². The van der Waals surface area contributed by atoms with E-state index in [4.69, 9.17) is 9.47 Å². The summed E-state index contributed by atoms with van der Waals surface area (Å²) in [5, 5.41) is 0. The van der Waals surface area contributed by atoms with Crippen molar-refractivity contribution >= 4 is 11.6 Å². The molecule has 1 heterocycles. The Labute approximate surface area is 107 Å². The lowest BCUT2D eigenvalue weighted by atomic mass is 9.95. The summed E-state index contributed by atoms with van der Waals surface area (Å²) in [4.78, 5) is 23.6. The van der Waals surface area contributed by atoms with Crippen molar-refractivity contribution in [1.82, 2.24) is 0 Å². The Balaban J connectivity index is 2.97. The molecule has 1 rings (SSSR count). The molecule has 4 nitrogen and oxygen atoms in total. The van der Waals surface area contributed by atoms with Gasteiger partial charge in [0.25, 0.3) is 5.95 Å². The van der Waals surface area contributed by atoms with Crippen LogP contribution in [0.15, 0.2) is 35.8 Å². The van der Waals surface area contributed by atoms with E-state index in [1.165, 1.54) is 14.0 Å². The highest BCUT2D eigenvalue weighted by Crippen LogP contribution is 2.32. The fraction of sp³-hybridized carbons (Fsp3) is 0.429. The summed E-state index contributed by atoms with van der Waals surface area (Å²) < 4.78 is 10.4. The number of hydrogen-bond donors (Lipinski definition) is 0. The lowest BCUT2D eigenvalue weighted by molar-refractivity contribution is -0.128. The topological polar surface area (TPSA) is 52.6 Å². The van der Waals surface area contributed by atoms with Crippen molar-refractivity contribution in [1.29, 1.82) is 0 Å². The van der Waals surface area contributed by atoms with Crippen LogP contribution in [-0.4, -0.2) is 24.3 Å². The zero-order valence-corrected chi connectivity index (χ0v) is 11.1. The van der Waals surface area contributed by atoms with E-state index in [1.54, 1.807) is 19.1 Å². The van der Waals surface area contributed by atoms with Crippen LogP contribution in [0, 0.1) is 0 Å². The number of allylic oxidation sites excluding steroid dienone is 3. The molecule has 0 aromatic heterocycles. The molecule has 0 spiro atoms. The van der Waals surface area contributed by atoms with Gasteiger partial charge in [-0.1, -0.05) is 25.2 Å². The van der Waals surface area contributed by atoms with E-state index >= 15 is 0 Å². The van der Waals surface area contributed by atoms with Crippen LogP contribution in [-0.2, 0) is 19.1 Å². The van der Waals surface area contributed by atoms with Crippen molar-refractivity contribution in [3.63, 3.8) is 0 Å². The smallest absolute Gasteiger partial charge is 0.295 e. The molecule has 0 N–H and O–H groups in total. The number of Topliss-reactive ketones (excluding diaryl/α,β-unsaturated/α-hetero) is 2. The molecule has 0 aromatic carbocycles. The van der Waals surface area contributed by atoms with Gasteiger partial charge in [0, 0.05) is 0 Å². The van der Waals surface area contributed by atoms with Crippen molar-refractivity contribution in [2.24, 2.45) is 0 Å². The van der Waals surface area contributed by atoms with Crippen molar-refractivity contribution in [3.8, 4) is 0 Å². The van der Waals surface area contributed by atoms with Gasteiger partial charge in [0.1, 0.15) is 5.57 Å². The van der Waals surface area contributed by atoms with Crippen molar-refractivity contribution in [2.75, 3.05) is 7.11 Å². The van der Waals surface area contributed by atoms with E-state index < -0.39 is 5.60 Å². The van der Waals surface area contributed by atoms with Crippen molar-refractivity contribution < 1.29 is 19.1 Å². The van der Waals surface area contributed by atoms with Crippen LogP contribution in [0.3, 0.4) is 0 Å². The monoisotopic (exact) mass is 250 g/mol. The largest absolute Gasteiger partial charge is 0.468 e. The molecule has 1 atom stereocenters. The van der Waals surface area contributed by atoms with Gasteiger partial charge < -0.3 is 9.47 Å². The minimum atomic E-state index is -1.16. The van der Waals surface area contributed by atoms with Gasteiger partial charge >= 0.3 is 0 Å². The number of methoxy groups -OCH3 is 1. The molecule has 18 heavy (non-hydrogen) atoms. The molecule has 0 saturated carbocycles. The average molecular weight is 250 g/mol. The second-order valence-corrected chi connectivity index (χ2v) is 4.16. The number of rotatable bonds is 5. The Morgan fingerprint density at radius 3 is 2.56 bits per heavy atom. The first-order valence-electron chi connectivity index (χ1n) is 5.83. The molecule has 98 valence electrons. The fourth-order valence-electron chi connectivity index (χ4n) is 1.64. The van der Waals surface area contributed by atoms with Gasteiger partial charge in [-0.05, 0) is 26.3 Å². The standard InChI is InChI=1S/C14H18O4/c1-5-6-7-8-9-14(3)12(16)11(10(2)15)13(17-4)18-14/h6-9H,5H2,1-4H3/b7-6+,9-8+/t14-/m0/s1. The third kappa shape index (κ3) is 2.70. The van der Waals surface area contributed by atoms with Crippen LogP contribution >= 0.6 is 0 Å². The fourth-order valence-corrected chi connectivity index (χ4v) is 1.64. The normalized spacial score (nSPS) is 24.1. The lowest BCUT2D eigenvalue weighted by Crippen LogP contribution is -2.32. The molecule has 1 aliphatic heterocycles. The first kappa shape index (κ1) is 14.2. The minimum absolute atomic E-state index is 0.000814. The molecule has 1 aliphatic rings. The maximum absolute atomic E-state index is 12.1. The molecule has 0 unspecified atom stereocenters. The van der Waals surface area contributed by atoms with Crippen LogP contribution < -0.4 is 0 Å². The average Bonchev–Trinajstić information content (AvgIpc) is 2.58. The Morgan fingerprint density at radius 2 is 2.11 bits per heavy atom. The predicted molar refractivity (Wildman–Crippen MR) is 67.8 cm³/mol. The Hall–Kier alpha value is -1.84. The number of carbonyl (C=O) groups is 2. The molecule has 0 saturated heterocycles. The lowest BCUT2D eigenvalue weighted by Gasteiger charge is -2.18. The van der Waals surface area contributed by atoms with Crippen LogP contribution in [0.2, 0.25) is 0 Å². The third-order valence-corrected chi connectivity index (χ3v) is 2.62. The maximum Gasteiger partial charge on any atom is 0.295 e. The summed E-state index contributed by atoms with van der Waals surface area (Å²) in [5.41, 5.74) is -1.17. The number of carbonyl (C=O) groups excluding carboxylic acids is 2. The van der Waals surface area contributed by atoms with E-state index in [-0.39, 0.29) is 23.1 Å². The van der Waals surface area contributed by atoms with Gasteiger partial charge in [-0.3, -0.25) is 9.59 Å². The number of hydrogen-bond acceptors (Lipinski definition) is 4. The Bertz CT molecular complexity index is 443. The summed E-state index contributed by atoms with van der Waals surface area (Å²) in [6.45, 7) is 4.95. The molecule has 4 heteroatoms. The zero-order chi connectivity index (χ0) is 13.8. The highest BCUT2D eigenvalue weighted by molar-refractivity contribution is 6.24. The number of ketones is 2. The van der Waals surface area contributed by atoms with Gasteiger partial charge in [0.2, 0.25) is 5.78 Å². The summed E-state index contributed by atoms with van der Waals surface area (Å²) in [6.07, 6.45) is 8.06. The van der Waals surface area contributed by atoms with Crippen LogP contribution in [0.1, 0.15) is 27.2 Å². The van der Waals surface area contributed by atoms with E-state index in [2.05, 4.69) is 0 Å². The van der Waals surface area contributed by atoms with Gasteiger partial charge in [-0.25, -0.2) is 0 Å². The summed E-state index contributed by atoms with van der Waals surface area (Å²) in [5.74, 6) is -0.717. The van der Waals surface area contributed by atoms with Crippen molar-refractivity contribution in [3.05, 3.63) is 35.8 Å². The second-order valence-electron chi connectivity index (χ2n) is 4.16. The van der Waals surface area contributed by atoms with E-state index in [1.807, 2.05) is 19.1 Å². The van der Waals surface area contributed by atoms with E-state index in [9.17, 15) is 9.59 Å². The maximum atomic E-state index is 12.1. The molecule has 0 aromatic rings. The molecular weight excluding hydrogens is 232 g/mol. The zero-order valence-electron chi connectivity index (χ0n) is 11.1. The molecular formula is C14H18O4. The summed E-state index contributed by atoms with van der Waals surface area (Å²) in [7, 11) is 1.37. The van der Waals surface area contributed by atoms with Gasteiger partial charge in [0.15, 0.2) is 11.4 Å². The van der Waals surface area contributed by atoms with Gasteiger partial charge in [-0.2, -0.15) is 0 Å². The summed E-state index contributed by atoms with van der Waals surface area (Å²) in [6, 6.07) is 0. The third-order valence-electron chi connectivity index (χ3n) is 2.62. The SMILES string of the molecule is CC/C=C/C=C/[C@]1(C)OC(OC)=C(C(C)=O)C1=O. The van der Waals surface area contributed by atoms with Crippen LogP contribution in [0.4, 0.5) is 0 Å². The van der Waals surface area contributed by atoms with Crippen LogP contribution in [0.25, 0.3) is 0 Å². The van der Waals surface area contributed by atoms with E-state index in [0.29, 0.717) is 0 Å². The quantitative estimate of drug-likeness (QED) is 0.555. The molecule has 0 radical (unpaired) electrons. The predicted octanol–water partition coefficient (Wildman–Crippen LogP) is 2.31. The molecule has 0 aliphatic carbocycles. The Kier molecular flexibility index (Phi) is 4.48. The molecule has 0 fully saturated rings. The number of ether oxygens (including phenoxy) is 2. The second kappa shape index (κ2) is 5.67. The minimum Gasteiger partial charge on any atom is -0.468 e. The first-order valence-corrected chi connectivity index (χ1v) is 5.83. The van der Waals surface area contributed by atoms with Crippen LogP contribution in [0.5, 0.6) is 0 Å². The highest BCUT2D eigenvalue weighted by atomic mass is 16.7. The van der Waals surface area contributed by atoms with Gasteiger partial charge in [-0.15, -0.1) is 0 Å². The summed E-state index contributed by atoms with van der Waals surface area (Å²) >= 11 is 0. The Morgan fingerprint density at radius 1 is 1.44 bits per heavy atom. The first-order chi connectivity index (χ1) is 8.46. The van der Waals surface area contributed by atoms with Crippen molar-refractivity contribution in [2.45, 2.75) is 32.8 Å². The van der Waals surface area contributed by atoms with E-state index in [0.717, 1.165) is 6.42 Å². The molecule has 0 amide bonds. The highest BCUT2D eigenvalue weighted by Gasteiger charge is 2.46.